The van der Waals surface area contributed by atoms with Gasteiger partial charge in [0.2, 0.25) is 0 Å². The lowest BCUT2D eigenvalue weighted by Gasteiger charge is -2.43. The second kappa shape index (κ2) is 4.74. The fourth-order valence-electron chi connectivity index (χ4n) is 3.13. The molecule has 0 radical (unpaired) electrons. The highest BCUT2D eigenvalue weighted by Crippen LogP contribution is 2.39. The highest BCUT2D eigenvalue weighted by atomic mass is 79.9. The Morgan fingerprint density at radius 3 is 2.18 bits per heavy atom. The van der Waals surface area contributed by atoms with E-state index in [2.05, 4.69) is 52.4 Å². The quantitative estimate of drug-likeness (QED) is 0.885. The van der Waals surface area contributed by atoms with Crippen molar-refractivity contribution in [2.45, 2.75) is 50.6 Å². The maximum Gasteiger partial charge on any atom is 0.0175 e. The molecule has 2 aliphatic carbocycles. The molecule has 2 heteroatoms. The lowest BCUT2D eigenvalue weighted by atomic mass is 9.74. The lowest BCUT2D eigenvalue weighted by molar-refractivity contribution is 0.177. The number of hydrogen-bond acceptors (Lipinski definition) is 1. The molecule has 1 N–H and O–H groups in total. The fraction of sp³-hybridized carbons (Fsp3) is 0.600. The topological polar surface area (TPSA) is 12.0 Å². The van der Waals surface area contributed by atoms with E-state index in [-0.39, 0.29) is 0 Å². The predicted octanol–water partition coefficient (Wildman–Crippen LogP) is 4.08. The molecule has 3 rings (SSSR count). The Labute approximate surface area is 112 Å². The van der Waals surface area contributed by atoms with Gasteiger partial charge in [-0.3, -0.25) is 0 Å². The Hall–Kier alpha value is -0.340. The first-order chi connectivity index (χ1) is 8.20. The zero-order chi connectivity index (χ0) is 11.8. The maximum atomic E-state index is 3.79. The summed E-state index contributed by atoms with van der Waals surface area (Å²) in [6, 6.07) is 10.4. The van der Waals surface area contributed by atoms with E-state index in [0.29, 0.717) is 0 Å². The van der Waals surface area contributed by atoms with Gasteiger partial charge >= 0.3 is 0 Å². The third-order valence-electron chi connectivity index (χ3n) is 4.32. The summed E-state index contributed by atoms with van der Waals surface area (Å²) in [5.74, 6) is 1.74. The molecule has 0 spiro atoms. The second-order valence-corrected chi connectivity index (χ2v) is 6.77. The van der Waals surface area contributed by atoms with E-state index in [0.717, 1.165) is 23.9 Å². The minimum absolute atomic E-state index is 0.779. The van der Waals surface area contributed by atoms with E-state index in [1.807, 2.05) is 0 Å². The van der Waals surface area contributed by atoms with E-state index in [4.69, 9.17) is 0 Å². The Morgan fingerprint density at radius 1 is 1.00 bits per heavy atom. The van der Waals surface area contributed by atoms with Gasteiger partial charge in [0.15, 0.2) is 0 Å². The third-order valence-corrected chi connectivity index (χ3v) is 4.85. The van der Waals surface area contributed by atoms with Crippen LogP contribution in [0.3, 0.4) is 0 Å². The highest BCUT2D eigenvalue weighted by molar-refractivity contribution is 9.10. The molecule has 0 aromatic heterocycles. The summed E-state index contributed by atoms with van der Waals surface area (Å²) < 4.78 is 1.18. The van der Waals surface area contributed by atoms with Gasteiger partial charge in [-0.05, 0) is 55.2 Å². The molecule has 0 unspecified atom stereocenters. The van der Waals surface area contributed by atoms with Crippen LogP contribution in [0.5, 0.6) is 0 Å². The van der Waals surface area contributed by atoms with Crippen LogP contribution in [-0.2, 0) is 0 Å². The van der Waals surface area contributed by atoms with Crippen LogP contribution in [-0.4, -0.2) is 12.1 Å². The van der Waals surface area contributed by atoms with Gasteiger partial charge in [-0.2, -0.15) is 0 Å². The van der Waals surface area contributed by atoms with Crippen LogP contribution in [0, 0.1) is 5.92 Å². The van der Waals surface area contributed by atoms with Crippen LogP contribution in [0.4, 0.5) is 0 Å². The van der Waals surface area contributed by atoms with Crippen molar-refractivity contribution in [3.05, 3.63) is 34.3 Å². The Kier molecular flexibility index (Phi) is 3.27. The van der Waals surface area contributed by atoms with E-state index < -0.39 is 0 Å². The summed E-state index contributed by atoms with van der Waals surface area (Å²) in [6.07, 6.45) is 5.43. The zero-order valence-electron chi connectivity index (χ0n) is 10.3. The molecule has 1 aromatic rings. The highest BCUT2D eigenvalue weighted by Gasteiger charge is 2.34. The Balaban J connectivity index is 1.46. The first kappa shape index (κ1) is 11.7. The average molecular weight is 294 g/mol. The number of nitrogens with one attached hydrogen (secondary N) is 1. The summed E-state index contributed by atoms with van der Waals surface area (Å²) >= 11 is 3.49. The Bertz CT molecular complexity index is 374. The number of benzene rings is 1. The molecule has 0 bridgehead atoms. The zero-order valence-corrected chi connectivity index (χ0v) is 11.9. The molecular formula is C15H20BrN. The average Bonchev–Trinajstić information content (AvgIpc) is 2.21. The molecule has 2 aliphatic rings. The summed E-state index contributed by atoms with van der Waals surface area (Å²) in [6.45, 7) is 2.35. The minimum Gasteiger partial charge on any atom is -0.311 e. The van der Waals surface area contributed by atoms with E-state index in [9.17, 15) is 0 Å². The van der Waals surface area contributed by atoms with Crippen molar-refractivity contribution < 1.29 is 0 Å². The first-order valence-electron chi connectivity index (χ1n) is 6.72. The molecular weight excluding hydrogens is 274 g/mol. The van der Waals surface area contributed by atoms with Gasteiger partial charge in [-0.25, -0.2) is 0 Å². The van der Waals surface area contributed by atoms with Gasteiger partial charge < -0.3 is 5.32 Å². The molecule has 0 amide bonds. The van der Waals surface area contributed by atoms with Gasteiger partial charge in [0, 0.05) is 16.6 Å². The van der Waals surface area contributed by atoms with Gasteiger partial charge in [0.05, 0.1) is 0 Å². The van der Waals surface area contributed by atoms with Gasteiger partial charge in [0.1, 0.15) is 0 Å². The molecule has 0 aliphatic heterocycles. The molecule has 2 fully saturated rings. The minimum atomic E-state index is 0.779. The van der Waals surface area contributed by atoms with Crippen molar-refractivity contribution in [1.29, 1.82) is 0 Å². The first-order valence-corrected chi connectivity index (χ1v) is 7.51. The van der Waals surface area contributed by atoms with E-state index in [1.165, 1.54) is 35.7 Å². The van der Waals surface area contributed by atoms with Gasteiger partial charge in [-0.1, -0.05) is 35.0 Å². The van der Waals surface area contributed by atoms with Crippen LogP contribution in [0.15, 0.2) is 28.7 Å². The van der Waals surface area contributed by atoms with Crippen LogP contribution in [0.1, 0.15) is 44.1 Å². The molecule has 92 valence electrons. The largest absolute Gasteiger partial charge is 0.311 e. The predicted molar refractivity (Wildman–Crippen MR) is 75.2 cm³/mol. The molecule has 0 heterocycles. The van der Waals surface area contributed by atoms with Crippen molar-refractivity contribution in [3.63, 3.8) is 0 Å². The van der Waals surface area contributed by atoms with E-state index in [1.54, 1.807) is 0 Å². The van der Waals surface area contributed by atoms with Crippen molar-refractivity contribution in [1.82, 2.24) is 5.32 Å². The fourth-order valence-corrected chi connectivity index (χ4v) is 3.40. The molecule has 17 heavy (non-hydrogen) atoms. The third kappa shape index (κ3) is 2.58. The maximum absolute atomic E-state index is 3.79. The normalized spacial score (nSPS) is 36.1. The van der Waals surface area contributed by atoms with Crippen molar-refractivity contribution >= 4 is 15.9 Å². The summed E-state index contributed by atoms with van der Waals surface area (Å²) in [4.78, 5) is 0. The summed E-state index contributed by atoms with van der Waals surface area (Å²) in [5.41, 5.74) is 1.51. The number of halogens is 1. The standard InChI is InChI=1S/C15H20BrN/c1-10-6-14(7-10)17-15-8-12(9-15)11-2-4-13(16)5-3-11/h2-5,10,12,14-15,17H,6-9H2,1H3. The van der Waals surface area contributed by atoms with Gasteiger partial charge in [0.25, 0.3) is 0 Å². The van der Waals surface area contributed by atoms with Gasteiger partial charge in [-0.15, -0.1) is 0 Å². The number of rotatable bonds is 3. The van der Waals surface area contributed by atoms with Crippen LogP contribution in [0.2, 0.25) is 0 Å². The van der Waals surface area contributed by atoms with Crippen molar-refractivity contribution in [3.8, 4) is 0 Å². The van der Waals surface area contributed by atoms with E-state index >= 15 is 0 Å². The van der Waals surface area contributed by atoms with Crippen LogP contribution in [0.25, 0.3) is 0 Å². The molecule has 0 saturated heterocycles. The molecule has 1 aromatic carbocycles. The summed E-state index contributed by atoms with van der Waals surface area (Å²) in [7, 11) is 0. The summed E-state index contributed by atoms with van der Waals surface area (Å²) in [5, 5.41) is 3.79. The molecule has 2 saturated carbocycles. The Morgan fingerprint density at radius 2 is 1.59 bits per heavy atom. The smallest absolute Gasteiger partial charge is 0.0175 e. The SMILES string of the molecule is CC1CC(NC2CC(c3ccc(Br)cc3)C2)C1. The number of hydrogen-bond donors (Lipinski definition) is 1. The van der Waals surface area contributed by atoms with Crippen molar-refractivity contribution in [2.75, 3.05) is 0 Å². The van der Waals surface area contributed by atoms with Crippen LogP contribution >= 0.6 is 15.9 Å². The molecule has 0 atom stereocenters. The van der Waals surface area contributed by atoms with Crippen molar-refractivity contribution in [2.24, 2.45) is 5.92 Å². The second-order valence-electron chi connectivity index (χ2n) is 5.86. The van der Waals surface area contributed by atoms with Crippen LogP contribution < -0.4 is 5.32 Å². The lowest BCUT2D eigenvalue weighted by Crippen LogP contribution is -2.50. The monoisotopic (exact) mass is 293 g/mol. The molecule has 1 nitrogen and oxygen atoms in total.